The zero-order chi connectivity index (χ0) is 17.1. The van der Waals surface area contributed by atoms with E-state index < -0.39 is 5.60 Å². The van der Waals surface area contributed by atoms with E-state index in [1.54, 1.807) is 6.33 Å². The van der Waals surface area contributed by atoms with Gasteiger partial charge < -0.3 is 14.6 Å². The maximum atomic E-state index is 11.4. The highest BCUT2D eigenvalue weighted by Gasteiger charge is 2.15. The molecule has 0 bridgehead atoms. The summed E-state index contributed by atoms with van der Waals surface area (Å²) in [7, 11) is 0. The number of hydrogen-bond donors (Lipinski definition) is 1. The largest absolute Gasteiger partial charge is 0.444 e. The Kier molecular flexibility index (Phi) is 11.6. The van der Waals surface area contributed by atoms with Crippen molar-refractivity contribution in [1.29, 1.82) is 0 Å². The number of alkyl carbamates (subject to hydrolysis) is 1. The maximum Gasteiger partial charge on any atom is 0.407 e. The zero-order valence-electron chi connectivity index (χ0n) is 15.2. The summed E-state index contributed by atoms with van der Waals surface area (Å²) in [4.78, 5) is 15.6. The van der Waals surface area contributed by atoms with Gasteiger partial charge in [0, 0.05) is 20.2 Å². The second kappa shape index (κ2) is 11.2. The number of amides is 1. The average molecular weight is 301 g/mol. The first-order valence-electron chi connectivity index (χ1n) is 7.75. The average Bonchev–Trinajstić information content (AvgIpc) is 2.73. The number of hydrogen-bond acceptors (Lipinski definition) is 3. The van der Waals surface area contributed by atoms with Crippen LogP contribution in [0.1, 0.15) is 61.3 Å². The highest BCUT2D eigenvalue weighted by Crippen LogP contribution is 2.06. The van der Waals surface area contributed by atoms with Crippen molar-refractivity contribution in [1.82, 2.24) is 14.9 Å². The molecule has 1 N–H and O–H groups in total. The second-order valence-corrected chi connectivity index (χ2v) is 5.04. The Morgan fingerprint density at radius 3 is 2.19 bits per heavy atom. The summed E-state index contributed by atoms with van der Waals surface area (Å²) in [5.74, 6) is 0. The summed E-state index contributed by atoms with van der Waals surface area (Å²) in [6, 6.07) is 0. The van der Waals surface area contributed by atoms with E-state index in [-0.39, 0.29) is 7.52 Å². The molecule has 0 spiro atoms. The Hall–Kier alpha value is -1.52. The molecule has 1 aromatic heterocycles. The predicted molar refractivity (Wildman–Crippen MR) is 90.7 cm³/mol. The highest BCUT2D eigenvalue weighted by atomic mass is 16.6. The van der Waals surface area contributed by atoms with Crippen LogP contribution in [0.3, 0.4) is 0 Å². The van der Waals surface area contributed by atoms with Gasteiger partial charge in [0.15, 0.2) is 0 Å². The van der Waals surface area contributed by atoms with Crippen molar-refractivity contribution < 1.29 is 11.0 Å². The molecule has 0 unspecified atom stereocenters. The maximum absolute atomic E-state index is 11.4. The third kappa shape index (κ3) is 9.93. The number of carbonyl (C=O) groups excluding carboxylic acids is 1. The molecular weight excluding hydrogens is 266 g/mol. The molecule has 0 aliphatic heterocycles. The molecule has 1 rings (SSSR count). The minimum absolute atomic E-state index is 0. The Bertz CT molecular complexity index is 399. The lowest BCUT2D eigenvalue weighted by Crippen LogP contribution is -2.34. The molecule has 0 atom stereocenters. The summed E-state index contributed by atoms with van der Waals surface area (Å²) in [6.07, 6.45) is 1.40. The summed E-state index contributed by atoms with van der Waals surface area (Å²) in [6.45, 7) is 18.7. The van der Waals surface area contributed by atoms with Gasteiger partial charge in [0.1, 0.15) is 5.60 Å². The quantitative estimate of drug-likeness (QED) is 0.904. The Balaban J connectivity index is -0.000000665. The number of rotatable bonds is 3. The lowest BCUT2D eigenvalue weighted by atomic mass is 10.2. The van der Waals surface area contributed by atoms with E-state index in [2.05, 4.69) is 10.3 Å². The van der Waals surface area contributed by atoms with Crippen molar-refractivity contribution in [2.24, 2.45) is 0 Å². The first-order chi connectivity index (χ1) is 9.79. The minimum atomic E-state index is -0.453. The van der Waals surface area contributed by atoms with E-state index in [0.717, 1.165) is 11.4 Å². The monoisotopic (exact) mass is 301 g/mol. The van der Waals surface area contributed by atoms with Crippen molar-refractivity contribution in [2.75, 3.05) is 6.54 Å². The molecule has 126 valence electrons. The van der Waals surface area contributed by atoms with Gasteiger partial charge in [-0.15, -0.1) is 0 Å². The first kappa shape index (κ1) is 21.8. The van der Waals surface area contributed by atoms with Gasteiger partial charge in [0.2, 0.25) is 0 Å². The third-order valence-electron chi connectivity index (χ3n) is 2.37. The molecular formula is C16H35N3O2. The second-order valence-electron chi connectivity index (χ2n) is 5.04. The van der Waals surface area contributed by atoms with E-state index in [0.29, 0.717) is 13.1 Å². The van der Waals surface area contributed by atoms with E-state index in [4.69, 9.17) is 4.74 Å². The van der Waals surface area contributed by atoms with Crippen LogP contribution < -0.4 is 5.32 Å². The molecule has 5 heteroatoms. The summed E-state index contributed by atoms with van der Waals surface area (Å²) >= 11 is 0. The molecule has 0 aromatic carbocycles. The van der Waals surface area contributed by atoms with Crippen molar-refractivity contribution in [3.8, 4) is 0 Å². The number of aryl methyl sites for hydroxylation is 1. The lowest BCUT2D eigenvalue weighted by Gasteiger charge is -2.19. The van der Waals surface area contributed by atoms with Gasteiger partial charge in [-0.05, 0) is 34.6 Å². The molecule has 21 heavy (non-hydrogen) atoms. The topological polar surface area (TPSA) is 56.2 Å². The molecule has 1 heterocycles. The van der Waals surface area contributed by atoms with Crippen molar-refractivity contribution in [3.63, 3.8) is 0 Å². The molecule has 0 fully saturated rings. The fraction of sp³-hybridized carbons (Fsp3) is 0.750. The summed E-state index contributed by atoms with van der Waals surface area (Å²) in [5.41, 5.74) is 1.68. The number of ether oxygens (including phenoxy) is 1. The molecule has 0 saturated carbocycles. The van der Waals surface area contributed by atoms with E-state index in [1.165, 1.54) is 0 Å². The standard InChI is InChI=1S/C12H21N3O2.2C2H6.H2/c1-9-10(2)15(8-14-9)7-6-13-11(16)17-12(3,4)5;2*1-2;/h8H,6-7H2,1-5H3,(H,13,16);2*1-2H3;1H. The van der Waals surface area contributed by atoms with E-state index in [1.807, 2.05) is 66.9 Å². The van der Waals surface area contributed by atoms with Gasteiger partial charge in [-0.2, -0.15) is 0 Å². The molecule has 1 aromatic rings. The number of aromatic nitrogens is 2. The van der Waals surface area contributed by atoms with Gasteiger partial charge in [-0.25, -0.2) is 9.78 Å². The van der Waals surface area contributed by atoms with Crippen LogP contribution in [-0.4, -0.2) is 27.8 Å². The third-order valence-corrected chi connectivity index (χ3v) is 2.37. The van der Waals surface area contributed by atoms with Crippen LogP contribution in [-0.2, 0) is 11.3 Å². The van der Waals surface area contributed by atoms with Gasteiger partial charge in [-0.1, -0.05) is 27.7 Å². The van der Waals surface area contributed by atoms with Crippen LogP contribution in [0.2, 0.25) is 0 Å². The molecule has 5 nitrogen and oxygen atoms in total. The lowest BCUT2D eigenvalue weighted by molar-refractivity contribution is 0.0526. The van der Waals surface area contributed by atoms with Crippen LogP contribution in [0.5, 0.6) is 0 Å². The number of nitrogens with one attached hydrogen (secondary N) is 1. The minimum Gasteiger partial charge on any atom is -0.444 e. The Morgan fingerprint density at radius 1 is 1.29 bits per heavy atom. The fourth-order valence-electron chi connectivity index (χ4n) is 1.36. The van der Waals surface area contributed by atoms with Gasteiger partial charge >= 0.3 is 6.09 Å². The number of carbonyl (C=O) groups is 1. The zero-order valence-corrected chi connectivity index (χ0v) is 15.2. The van der Waals surface area contributed by atoms with Crippen LogP contribution in [0, 0.1) is 13.8 Å². The van der Waals surface area contributed by atoms with Crippen LogP contribution in [0.4, 0.5) is 4.79 Å². The molecule has 0 aliphatic carbocycles. The van der Waals surface area contributed by atoms with Crippen molar-refractivity contribution >= 4 is 6.09 Å². The normalized spacial score (nSPS) is 9.76. The van der Waals surface area contributed by atoms with Crippen molar-refractivity contribution in [3.05, 3.63) is 17.7 Å². The molecule has 1 amide bonds. The Labute approximate surface area is 131 Å². The summed E-state index contributed by atoms with van der Waals surface area (Å²) < 4.78 is 7.14. The van der Waals surface area contributed by atoms with Gasteiger partial charge in [0.05, 0.1) is 12.0 Å². The smallest absolute Gasteiger partial charge is 0.407 e. The van der Waals surface area contributed by atoms with Crippen LogP contribution in [0.15, 0.2) is 6.33 Å². The summed E-state index contributed by atoms with van der Waals surface area (Å²) in [5, 5.41) is 2.71. The van der Waals surface area contributed by atoms with Crippen LogP contribution >= 0.6 is 0 Å². The van der Waals surface area contributed by atoms with E-state index in [9.17, 15) is 4.79 Å². The van der Waals surface area contributed by atoms with Gasteiger partial charge in [-0.3, -0.25) is 0 Å². The predicted octanol–water partition coefficient (Wildman–Crippen LogP) is 4.32. The van der Waals surface area contributed by atoms with Gasteiger partial charge in [0.25, 0.3) is 0 Å². The van der Waals surface area contributed by atoms with E-state index >= 15 is 0 Å². The fourth-order valence-corrected chi connectivity index (χ4v) is 1.36. The Morgan fingerprint density at radius 2 is 1.81 bits per heavy atom. The molecule has 0 aliphatic rings. The SMILES string of the molecule is CC.CC.Cc1ncn(CCNC(=O)OC(C)(C)C)c1C.[HH]. The highest BCUT2D eigenvalue weighted by molar-refractivity contribution is 5.67. The van der Waals surface area contributed by atoms with Crippen LogP contribution in [0.25, 0.3) is 0 Å². The first-order valence-corrected chi connectivity index (χ1v) is 7.75. The number of nitrogens with zero attached hydrogens (tertiary/aromatic N) is 2. The molecule has 0 radical (unpaired) electrons. The molecule has 0 saturated heterocycles. The van der Waals surface area contributed by atoms with Crippen molar-refractivity contribution in [2.45, 2.75) is 74.5 Å². The number of imidazole rings is 1.